The minimum atomic E-state index is -0.922. The number of ether oxygens (including phenoxy) is 5. The van der Waals surface area contributed by atoms with Gasteiger partial charge in [0.25, 0.3) is 0 Å². The van der Waals surface area contributed by atoms with E-state index in [1.807, 2.05) is 26.8 Å². The van der Waals surface area contributed by atoms with Crippen molar-refractivity contribution in [2.45, 2.75) is 149 Å². The van der Waals surface area contributed by atoms with Crippen molar-refractivity contribution in [3.05, 3.63) is 23.3 Å². The maximum Gasteiger partial charge on any atom is 0.514 e. The molecule has 12 nitrogen and oxygen atoms in total. The molecule has 0 radical (unpaired) electrons. The molecule has 4 saturated carbocycles. The number of carbonyl (C=O) groups is 3. The van der Waals surface area contributed by atoms with E-state index in [2.05, 4.69) is 31.0 Å². The summed E-state index contributed by atoms with van der Waals surface area (Å²) in [6, 6.07) is 3.64. The molecule has 1 aromatic rings. The second-order valence-corrected chi connectivity index (χ2v) is 19.2. The lowest BCUT2D eigenvalue weighted by Gasteiger charge is -2.64. The highest BCUT2D eigenvalue weighted by Gasteiger charge is 2.70. The molecule has 2 heterocycles. The van der Waals surface area contributed by atoms with Crippen molar-refractivity contribution in [3.8, 4) is 11.5 Å². The fraction of sp³-hybridized carbons (Fsp3) is 0.769. The summed E-state index contributed by atoms with van der Waals surface area (Å²) < 4.78 is 42.6. The molecule has 1 amide bonds. The predicted octanol–water partition coefficient (Wildman–Crippen LogP) is 7.13. The minimum absolute atomic E-state index is 0.0245. The molecule has 6 aliphatic rings. The summed E-state index contributed by atoms with van der Waals surface area (Å²) in [5, 5.41) is 2.78. The molecule has 7 rings (SSSR count). The van der Waals surface area contributed by atoms with Gasteiger partial charge in [0.2, 0.25) is 0 Å². The Kier molecular flexibility index (Phi) is 9.95. The average molecular weight is 727 g/mol. The van der Waals surface area contributed by atoms with Crippen LogP contribution in [-0.2, 0) is 23.5 Å². The molecule has 2 bridgehead atoms. The lowest BCUT2D eigenvalue weighted by atomic mass is 9.43. The summed E-state index contributed by atoms with van der Waals surface area (Å²) in [5.74, 6) is 0.706. The number of amides is 1. The second kappa shape index (κ2) is 13.4. The lowest BCUT2D eigenvalue weighted by molar-refractivity contribution is -0.199. The van der Waals surface area contributed by atoms with Crippen LogP contribution in [0.4, 0.5) is 9.59 Å². The molecule has 288 valence electrons. The van der Waals surface area contributed by atoms with E-state index in [9.17, 15) is 14.4 Å². The third-order valence-corrected chi connectivity index (χ3v) is 11.2. The molecule has 2 aliphatic heterocycles. The largest absolute Gasteiger partial charge is 0.514 e. The smallest absolute Gasteiger partial charge is 0.487 e. The van der Waals surface area contributed by atoms with Crippen LogP contribution in [0.1, 0.15) is 124 Å². The first-order valence-electron chi connectivity index (χ1n) is 18.9. The highest BCUT2D eigenvalue weighted by Crippen LogP contribution is 2.68. The molecule has 2 saturated heterocycles. The first-order valence-corrected chi connectivity index (χ1v) is 18.9. The number of nitrogens with one attached hydrogen (secondary N) is 1. The van der Waals surface area contributed by atoms with Crippen LogP contribution in [0.25, 0.3) is 0 Å². The van der Waals surface area contributed by atoms with Gasteiger partial charge in [0.05, 0.1) is 11.7 Å². The normalized spacial score (nSPS) is 29.6. The first kappa shape index (κ1) is 38.7. The molecular weight excluding hydrogens is 667 g/mol. The van der Waals surface area contributed by atoms with Crippen molar-refractivity contribution in [1.82, 2.24) is 10.2 Å². The zero-order valence-electron chi connectivity index (χ0n) is 33.2. The van der Waals surface area contributed by atoms with E-state index in [1.165, 1.54) is 6.42 Å². The highest BCUT2D eigenvalue weighted by atomic mass is 16.7. The third-order valence-electron chi connectivity index (χ3n) is 11.2. The van der Waals surface area contributed by atoms with Crippen LogP contribution in [0.2, 0.25) is 5.82 Å². The number of rotatable bonds is 9. The Labute approximate surface area is 309 Å². The van der Waals surface area contributed by atoms with Gasteiger partial charge in [-0.2, -0.15) is 0 Å². The van der Waals surface area contributed by atoms with Crippen LogP contribution in [-0.4, -0.2) is 91.0 Å². The van der Waals surface area contributed by atoms with Gasteiger partial charge in [-0.05, 0) is 123 Å². The number of nitrogens with zero attached hydrogens (tertiary/aromatic N) is 1. The van der Waals surface area contributed by atoms with Gasteiger partial charge >= 0.3 is 25.3 Å². The van der Waals surface area contributed by atoms with Crippen LogP contribution in [0.5, 0.6) is 11.5 Å². The van der Waals surface area contributed by atoms with Gasteiger partial charge in [-0.25, -0.2) is 14.4 Å². The molecule has 4 aliphatic carbocycles. The Bertz CT molecular complexity index is 1560. The van der Waals surface area contributed by atoms with E-state index in [1.54, 1.807) is 47.6 Å². The number of likely N-dealkylation sites (tertiary alicyclic amines) is 1. The Balaban J connectivity index is 1.22. The average Bonchev–Trinajstić information content (AvgIpc) is 3.65. The highest BCUT2D eigenvalue weighted by molar-refractivity contribution is 6.49. The number of hydrogen-bond donors (Lipinski definition) is 1. The van der Waals surface area contributed by atoms with Gasteiger partial charge in [0, 0.05) is 32.0 Å². The number of hydrogen-bond acceptors (Lipinski definition) is 11. The van der Waals surface area contributed by atoms with Gasteiger partial charge in [0.15, 0.2) is 5.75 Å². The maximum absolute atomic E-state index is 14.0. The minimum Gasteiger partial charge on any atom is -0.487 e. The van der Waals surface area contributed by atoms with Crippen LogP contribution < -0.4 is 14.8 Å². The Morgan fingerprint density at radius 2 is 1.56 bits per heavy atom. The second-order valence-electron chi connectivity index (χ2n) is 19.2. The summed E-state index contributed by atoms with van der Waals surface area (Å²) >= 11 is 0. The zero-order chi connectivity index (χ0) is 38.2. The Morgan fingerprint density at radius 1 is 0.904 bits per heavy atom. The van der Waals surface area contributed by atoms with Crippen molar-refractivity contribution >= 4 is 25.3 Å². The number of benzene rings is 1. The standard InChI is InChI=1S/C39H59BN2O10/c1-35(2,3)48-32(43)30-27(46-23-20-42(21-23)16-15-41-33(44)49-36(4,5)6)14-13-24(31(30)47-34(45)50-37(7,8)9)25-19-26(25)40-51-29-18-22-17-28(38(22,10)11)39(29,12)52-40/h13-14,22-23,25-26,28-29H,15-21H2,1-12H3,(H,41,44)/t22-,25?,26?,28-,29+,39-/m0/s1. The fourth-order valence-electron chi connectivity index (χ4n) is 8.50. The Hall–Kier alpha value is -3.03. The van der Waals surface area contributed by atoms with Crippen molar-refractivity contribution in [1.29, 1.82) is 0 Å². The first-order chi connectivity index (χ1) is 23.9. The molecule has 2 unspecified atom stereocenters. The topological polar surface area (TPSA) is 131 Å². The van der Waals surface area contributed by atoms with Crippen LogP contribution >= 0.6 is 0 Å². The molecule has 1 N–H and O–H groups in total. The summed E-state index contributed by atoms with van der Waals surface area (Å²) in [5.41, 5.74) is -1.59. The van der Waals surface area contributed by atoms with E-state index in [4.69, 9.17) is 33.0 Å². The summed E-state index contributed by atoms with van der Waals surface area (Å²) in [4.78, 5) is 41.5. The fourth-order valence-corrected chi connectivity index (χ4v) is 8.50. The molecule has 52 heavy (non-hydrogen) atoms. The molecule has 0 aromatic heterocycles. The summed E-state index contributed by atoms with van der Waals surface area (Å²) in [7, 11) is -0.392. The van der Waals surface area contributed by atoms with Gasteiger partial charge in [0.1, 0.15) is 34.2 Å². The molecule has 0 spiro atoms. The van der Waals surface area contributed by atoms with Crippen molar-refractivity contribution in [2.75, 3.05) is 26.2 Å². The van der Waals surface area contributed by atoms with E-state index >= 15 is 0 Å². The lowest BCUT2D eigenvalue weighted by Crippen LogP contribution is -2.65. The van der Waals surface area contributed by atoms with Crippen molar-refractivity contribution in [3.63, 3.8) is 0 Å². The van der Waals surface area contributed by atoms with E-state index in [-0.39, 0.29) is 52.0 Å². The molecule has 6 fully saturated rings. The molecule has 13 heteroatoms. The van der Waals surface area contributed by atoms with E-state index in [0.29, 0.717) is 43.6 Å². The van der Waals surface area contributed by atoms with Crippen molar-refractivity contribution in [2.24, 2.45) is 17.3 Å². The van der Waals surface area contributed by atoms with Crippen molar-refractivity contribution < 1.29 is 47.4 Å². The Morgan fingerprint density at radius 3 is 2.17 bits per heavy atom. The summed E-state index contributed by atoms with van der Waals surface area (Å²) in [6.07, 6.45) is 1.34. The summed E-state index contributed by atoms with van der Waals surface area (Å²) in [6.45, 7) is 25.2. The number of alkyl carbamates (subject to hydrolysis) is 1. The zero-order valence-corrected chi connectivity index (χ0v) is 33.2. The van der Waals surface area contributed by atoms with Gasteiger partial charge < -0.3 is 38.3 Å². The van der Waals surface area contributed by atoms with Crippen LogP contribution in [0.15, 0.2) is 12.1 Å². The maximum atomic E-state index is 14.0. The third kappa shape index (κ3) is 8.21. The number of carbonyl (C=O) groups excluding carboxylic acids is 3. The van der Waals surface area contributed by atoms with E-state index < -0.39 is 42.1 Å². The quantitative estimate of drug-likeness (QED) is 0.121. The van der Waals surface area contributed by atoms with Crippen LogP contribution in [0, 0.1) is 17.3 Å². The molecule has 1 aromatic carbocycles. The molecular formula is C39H59BN2O10. The number of esters is 1. The van der Waals surface area contributed by atoms with Crippen LogP contribution in [0.3, 0.4) is 0 Å². The van der Waals surface area contributed by atoms with E-state index in [0.717, 1.165) is 12.8 Å². The SMILES string of the molecule is CC(C)(C)OC(=O)NCCN1CC(Oc2ccc(C3CC3B3O[C@@H]4C[C@@H]5C[C@@H](C5(C)C)[C@]4(C)O3)c(OC(=O)OC(C)(C)C)c2C(=O)OC(C)(C)C)C1. The van der Waals surface area contributed by atoms with Gasteiger partial charge in [-0.15, -0.1) is 0 Å². The molecule has 6 atom stereocenters. The predicted molar refractivity (Wildman–Crippen MR) is 195 cm³/mol. The monoisotopic (exact) mass is 726 g/mol. The van der Waals surface area contributed by atoms with Gasteiger partial charge in [-0.3, -0.25) is 4.90 Å². The van der Waals surface area contributed by atoms with Gasteiger partial charge in [-0.1, -0.05) is 19.9 Å².